The fourth-order valence-corrected chi connectivity index (χ4v) is 2.44. The van der Waals surface area contributed by atoms with Crippen LogP contribution < -0.4 is 0 Å². The second kappa shape index (κ2) is 3.71. The zero-order valence-corrected chi connectivity index (χ0v) is 8.77. The average Bonchev–Trinajstić information content (AvgIpc) is 2.18. The molecular weight excluding hydrogens is 180 g/mol. The Hall–Kier alpha value is -0.490. The molecular formula is C12H15Cl. The number of halogens is 1. The van der Waals surface area contributed by atoms with Crippen molar-refractivity contribution in [3.63, 3.8) is 0 Å². The highest BCUT2D eigenvalue weighted by Crippen LogP contribution is 2.31. The summed E-state index contributed by atoms with van der Waals surface area (Å²) in [6.07, 6.45) is 5.02. The molecule has 0 aromatic heterocycles. The zero-order valence-electron chi connectivity index (χ0n) is 8.02. The quantitative estimate of drug-likeness (QED) is 0.637. The number of fused-ring (bicyclic) bond motifs is 1. The van der Waals surface area contributed by atoms with E-state index in [1.807, 2.05) is 6.07 Å². The van der Waals surface area contributed by atoms with Crippen LogP contribution in [-0.2, 0) is 12.8 Å². The van der Waals surface area contributed by atoms with Crippen LogP contribution in [0.5, 0.6) is 0 Å². The lowest BCUT2D eigenvalue weighted by molar-refractivity contribution is 0.445. The Morgan fingerprint density at radius 2 is 2.31 bits per heavy atom. The first-order valence-electron chi connectivity index (χ1n) is 5.07. The summed E-state index contributed by atoms with van der Waals surface area (Å²) in [5, 5.41) is 0.968. The molecule has 1 aliphatic rings. The van der Waals surface area contributed by atoms with Crippen LogP contribution in [0, 0.1) is 5.92 Å². The minimum absolute atomic E-state index is 0.854. The van der Waals surface area contributed by atoms with Crippen molar-refractivity contribution in [2.24, 2.45) is 5.92 Å². The molecule has 0 saturated heterocycles. The van der Waals surface area contributed by atoms with Crippen molar-refractivity contribution >= 4 is 11.6 Å². The van der Waals surface area contributed by atoms with Crippen molar-refractivity contribution in [2.45, 2.75) is 32.6 Å². The van der Waals surface area contributed by atoms with Gasteiger partial charge in [0.15, 0.2) is 0 Å². The molecule has 1 atom stereocenters. The van der Waals surface area contributed by atoms with E-state index in [1.165, 1.54) is 36.8 Å². The predicted octanol–water partition coefficient (Wildman–Crippen LogP) is 3.85. The van der Waals surface area contributed by atoms with Crippen molar-refractivity contribution in [3.05, 3.63) is 34.3 Å². The molecule has 0 radical (unpaired) electrons. The summed E-state index contributed by atoms with van der Waals surface area (Å²) in [4.78, 5) is 0. The van der Waals surface area contributed by atoms with Gasteiger partial charge in [-0.05, 0) is 42.4 Å². The fourth-order valence-electron chi connectivity index (χ4n) is 2.16. The van der Waals surface area contributed by atoms with Gasteiger partial charge < -0.3 is 0 Å². The van der Waals surface area contributed by atoms with Crippen molar-refractivity contribution in [1.82, 2.24) is 0 Å². The first kappa shape index (κ1) is 9.08. The molecule has 13 heavy (non-hydrogen) atoms. The third-order valence-electron chi connectivity index (χ3n) is 3.11. The van der Waals surface area contributed by atoms with E-state index >= 15 is 0 Å². The standard InChI is InChI=1S/C12H15Cl/c1-2-9-6-7-10-4-3-5-12(13)11(10)8-9/h3-5,9H,2,6-8H2,1H3. The van der Waals surface area contributed by atoms with Gasteiger partial charge in [0.2, 0.25) is 0 Å². The number of rotatable bonds is 1. The summed E-state index contributed by atoms with van der Waals surface area (Å²) < 4.78 is 0. The first-order chi connectivity index (χ1) is 6.31. The van der Waals surface area contributed by atoms with Gasteiger partial charge in [0, 0.05) is 5.02 Å². The van der Waals surface area contributed by atoms with E-state index in [0.717, 1.165) is 10.9 Å². The molecule has 1 aromatic carbocycles. The molecule has 0 spiro atoms. The van der Waals surface area contributed by atoms with Crippen LogP contribution in [0.15, 0.2) is 18.2 Å². The Kier molecular flexibility index (Phi) is 2.59. The first-order valence-corrected chi connectivity index (χ1v) is 5.45. The highest BCUT2D eigenvalue weighted by Gasteiger charge is 2.18. The maximum absolute atomic E-state index is 6.16. The van der Waals surface area contributed by atoms with Gasteiger partial charge in [-0.2, -0.15) is 0 Å². The number of benzene rings is 1. The van der Waals surface area contributed by atoms with Crippen molar-refractivity contribution in [2.75, 3.05) is 0 Å². The number of hydrogen-bond donors (Lipinski definition) is 0. The van der Waals surface area contributed by atoms with Crippen molar-refractivity contribution in [1.29, 1.82) is 0 Å². The van der Waals surface area contributed by atoms with E-state index in [9.17, 15) is 0 Å². The van der Waals surface area contributed by atoms with Crippen molar-refractivity contribution in [3.8, 4) is 0 Å². The second-order valence-electron chi connectivity index (χ2n) is 3.89. The van der Waals surface area contributed by atoms with E-state index in [1.54, 1.807) is 0 Å². The maximum atomic E-state index is 6.16. The molecule has 1 aromatic rings. The molecule has 1 unspecified atom stereocenters. The summed E-state index contributed by atoms with van der Waals surface area (Å²) in [5.74, 6) is 0.854. The normalized spacial score (nSPS) is 21.2. The van der Waals surface area contributed by atoms with Gasteiger partial charge in [-0.1, -0.05) is 37.1 Å². The number of hydrogen-bond acceptors (Lipinski definition) is 0. The largest absolute Gasteiger partial charge is 0.0840 e. The SMILES string of the molecule is CCC1CCc2cccc(Cl)c2C1. The molecule has 0 saturated carbocycles. The summed E-state index contributed by atoms with van der Waals surface area (Å²) in [6.45, 7) is 2.27. The minimum Gasteiger partial charge on any atom is -0.0840 e. The van der Waals surface area contributed by atoms with Gasteiger partial charge in [0.1, 0.15) is 0 Å². The molecule has 0 bridgehead atoms. The summed E-state index contributed by atoms with van der Waals surface area (Å²) >= 11 is 6.16. The molecule has 0 amide bonds. The lowest BCUT2D eigenvalue weighted by atomic mass is 9.83. The van der Waals surface area contributed by atoms with E-state index in [4.69, 9.17) is 11.6 Å². The summed E-state index contributed by atoms with van der Waals surface area (Å²) in [7, 11) is 0. The van der Waals surface area contributed by atoms with E-state index in [0.29, 0.717) is 0 Å². The Morgan fingerprint density at radius 1 is 1.46 bits per heavy atom. The van der Waals surface area contributed by atoms with Gasteiger partial charge >= 0.3 is 0 Å². The third kappa shape index (κ3) is 1.73. The smallest absolute Gasteiger partial charge is 0.0440 e. The van der Waals surface area contributed by atoms with Crippen LogP contribution in [-0.4, -0.2) is 0 Å². The van der Waals surface area contributed by atoms with E-state index in [-0.39, 0.29) is 0 Å². The minimum atomic E-state index is 0.854. The lowest BCUT2D eigenvalue weighted by Crippen LogP contribution is -2.13. The molecule has 1 heteroatoms. The zero-order chi connectivity index (χ0) is 9.26. The molecule has 1 aliphatic carbocycles. The van der Waals surface area contributed by atoms with Crippen LogP contribution in [0.2, 0.25) is 5.02 Å². The lowest BCUT2D eigenvalue weighted by Gasteiger charge is -2.24. The van der Waals surface area contributed by atoms with E-state index in [2.05, 4.69) is 19.1 Å². The van der Waals surface area contributed by atoms with Crippen LogP contribution >= 0.6 is 11.6 Å². The molecule has 0 nitrogen and oxygen atoms in total. The Bertz CT molecular complexity index is 304. The van der Waals surface area contributed by atoms with Gasteiger partial charge in [0.05, 0.1) is 0 Å². The highest BCUT2D eigenvalue weighted by atomic mass is 35.5. The molecule has 0 N–H and O–H groups in total. The third-order valence-corrected chi connectivity index (χ3v) is 3.46. The average molecular weight is 195 g/mol. The maximum Gasteiger partial charge on any atom is 0.0440 e. The topological polar surface area (TPSA) is 0 Å². The molecule has 0 fully saturated rings. The van der Waals surface area contributed by atoms with Crippen LogP contribution in [0.25, 0.3) is 0 Å². The van der Waals surface area contributed by atoms with Gasteiger partial charge in [-0.3, -0.25) is 0 Å². The molecule has 70 valence electrons. The van der Waals surface area contributed by atoms with Gasteiger partial charge in [-0.25, -0.2) is 0 Å². The monoisotopic (exact) mass is 194 g/mol. The predicted molar refractivity (Wildman–Crippen MR) is 57.3 cm³/mol. The molecule has 2 rings (SSSR count). The Morgan fingerprint density at radius 3 is 3.08 bits per heavy atom. The Labute approximate surface area is 84.9 Å². The molecule has 0 aliphatic heterocycles. The Balaban J connectivity index is 2.32. The molecule has 0 heterocycles. The fraction of sp³-hybridized carbons (Fsp3) is 0.500. The van der Waals surface area contributed by atoms with Gasteiger partial charge in [0.25, 0.3) is 0 Å². The van der Waals surface area contributed by atoms with Crippen molar-refractivity contribution < 1.29 is 0 Å². The van der Waals surface area contributed by atoms with Gasteiger partial charge in [-0.15, -0.1) is 0 Å². The van der Waals surface area contributed by atoms with E-state index < -0.39 is 0 Å². The van der Waals surface area contributed by atoms with Crippen LogP contribution in [0.4, 0.5) is 0 Å². The van der Waals surface area contributed by atoms with Crippen LogP contribution in [0.1, 0.15) is 30.9 Å². The summed E-state index contributed by atoms with van der Waals surface area (Å²) in [6, 6.07) is 6.29. The second-order valence-corrected chi connectivity index (χ2v) is 4.30. The highest BCUT2D eigenvalue weighted by molar-refractivity contribution is 6.31. The summed E-state index contributed by atoms with van der Waals surface area (Å²) in [5.41, 5.74) is 2.87. The van der Waals surface area contributed by atoms with Crippen LogP contribution in [0.3, 0.4) is 0 Å². The number of aryl methyl sites for hydroxylation is 1.